The van der Waals surface area contributed by atoms with Crippen molar-refractivity contribution in [3.05, 3.63) is 40.4 Å². The second-order valence-corrected chi connectivity index (χ2v) is 5.33. The third-order valence-electron chi connectivity index (χ3n) is 3.68. The third kappa shape index (κ3) is 3.74. The number of para-hydroxylation sites is 1. The second-order valence-electron chi connectivity index (χ2n) is 5.33. The number of benzene rings is 1. The van der Waals surface area contributed by atoms with Crippen molar-refractivity contribution in [3.8, 4) is 0 Å². The van der Waals surface area contributed by atoms with Gasteiger partial charge in [0.15, 0.2) is 0 Å². The Kier molecular flexibility index (Phi) is 5.10. The summed E-state index contributed by atoms with van der Waals surface area (Å²) >= 11 is 0. The smallest absolute Gasteiger partial charge is 0.326 e. The van der Waals surface area contributed by atoms with Crippen LogP contribution in [0.2, 0.25) is 0 Å². The van der Waals surface area contributed by atoms with Crippen LogP contribution in [0.1, 0.15) is 25.3 Å². The number of aryl methyl sites for hydroxylation is 2. The van der Waals surface area contributed by atoms with Gasteiger partial charge in [-0.3, -0.25) is 14.2 Å². The lowest BCUT2D eigenvalue weighted by atomic mass is 10.1. The van der Waals surface area contributed by atoms with Gasteiger partial charge >= 0.3 is 5.97 Å². The number of carbonyl (C=O) groups excluding carboxylic acids is 1. The number of amides is 1. The molecule has 0 aliphatic carbocycles. The molecule has 23 heavy (non-hydrogen) atoms. The molecule has 0 aliphatic rings. The molecular formula is C16H19N3O4. The van der Waals surface area contributed by atoms with Gasteiger partial charge in [0, 0.05) is 13.0 Å². The van der Waals surface area contributed by atoms with E-state index in [9.17, 15) is 14.4 Å². The number of hydrogen-bond donors (Lipinski definition) is 2. The first-order chi connectivity index (χ1) is 10.9. The maximum atomic E-state index is 12.4. The number of aliphatic carboxylic acids is 1. The van der Waals surface area contributed by atoms with Crippen LogP contribution in [0.5, 0.6) is 0 Å². The van der Waals surface area contributed by atoms with Crippen molar-refractivity contribution in [2.45, 2.75) is 39.3 Å². The Morgan fingerprint density at radius 3 is 2.78 bits per heavy atom. The Bertz CT molecular complexity index is 798. The van der Waals surface area contributed by atoms with Crippen molar-refractivity contribution < 1.29 is 14.7 Å². The summed E-state index contributed by atoms with van der Waals surface area (Å²) in [7, 11) is 0. The summed E-state index contributed by atoms with van der Waals surface area (Å²) in [5, 5.41) is 11.8. The minimum Gasteiger partial charge on any atom is -0.480 e. The zero-order chi connectivity index (χ0) is 17.0. The normalized spacial score (nSPS) is 12.1. The number of nitrogens with one attached hydrogen (secondary N) is 1. The Morgan fingerprint density at radius 1 is 1.39 bits per heavy atom. The second kappa shape index (κ2) is 7.04. The van der Waals surface area contributed by atoms with E-state index in [1.54, 1.807) is 19.1 Å². The van der Waals surface area contributed by atoms with E-state index < -0.39 is 17.9 Å². The highest BCUT2D eigenvalue weighted by Crippen LogP contribution is 2.11. The molecule has 0 bridgehead atoms. The van der Waals surface area contributed by atoms with Crippen LogP contribution in [-0.2, 0) is 16.1 Å². The molecule has 2 N–H and O–H groups in total. The number of nitrogens with zero attached hydrogens (tertiary/aromatic N) is 2. The fourth-order valence-corrected chi connectivity index (χ4v) is 2.32. The summed E-state index contributed by atoms with van der Waals surface area (Å²) in [5.74, 6) is -1.48. The number of rotatable bonds is 6. The van der Waals surface area contributed by atoms with E-state index in [1.165, 1.54) is 10.9 Å². The third-order valence-corrected chi connectivity index (χ3v) is 3.68. The number of carbonyl (C=O) groups is 2. The molecule has 0 spiro atoms. The van der Waals surface area contributed by atoms with E-state index in [4.69, 9.17) is 5.11 Å². The zero-order valence-electron chi connectivity index (χ0n) is 13.1. The molecule has 1 amide bonds. The Labute approximate surface area is 133 Å². The van der Waals surface area contributed by atoms with Gasteiger partial charge < -0.3 is 10.4 Å². The summed E-state index contributed by atoms with van der Waals surface area (Å²) in [6, 6.07) is 4.46. The summed E-state index contributed by atoms with van der Waals surface area (Å²) in [5.41, 5.74) is 1.35. The van der Waals surface area contributed by atoms with Gasteiger partial charge in [0.05, 0.1) is 17.2 Å². The largest absolute Gasteiger partial charge is 0.480 e. The minimum atomic E-state index is -1.07. The van der Waals surface area contributed by atoms with Crippen molar-refractivity contribution in [2.24, 2.45) is 0 Å². The number of carboxylic acids is 1. The SMILES string of the molecule is CCC(NC(=O)CCn1cnc2c(C)cccc2c1=O)C(=O)O. The van der Waals surface area contributed by atoms with E-state index in [2.05, 4.69) is 10.3 Å². The highest BCUT2D eigenvalue weighted by Gasteiger charge is 2.17. The lowest BCUT2D eigenvalue weighted by molar-refractivity contribution is -0.141. The van der Waals surface area contributed by atoms with E-state index in [0.29, 0.717) is 17.3 Å². The first-order valence-corrected chi connectivity index (χ1v) is 7.41. The molecule has 1 heterocycles. The van der Waals surface area contributed by atoms with Gasteiger partial charge in [-0.15, -0.1) is 0 Å². The standard InChI is InChI=1S/C16H19N3O4/c1-3-12(16(22)23)18-13(20)7-8-19-9-17-14-10(2)5-4-6-11(14)15(19)21/h4-6,9,12H,3,7-8H2,1-2H3,(H,18,20)(H,22,23). The summed E-state index contributed by atoms with van der Waals surface area (Å²) in [4.78, 5) is 39.3. The molecule has 7 nitrogen and oxygen atoms in total. The number of fused-ring (bicyclic) bond motifs is 1. The first kappa shape index (κ1) is 16.7. The molecule has 0 radical (unpaired) electrons. The summed E-state index contributed by atoms with van der Waals surface area (Å²) in [6.45, 7) is 3.71. The van der Waals surface area contributed by atoms with Crippen molar-refractivity contribution in [2.75, 3.05) is 0 Å². The fraction of sp³-hybridized carbons (Fsp3) is 0.375. The number of hydrogen-bond acceptors (Lipinski definition) is 4. The van der Waals surface area contributed by atoms with E-state index >= 15 is 0 Å². The molecule has 2 rings (SSSR count). The Hall–Kier alpha value is -2.70. The summed E-state index contributed by atoms with van der Waals surface area (Å²) < 4.78 is 1.36. The van der Waals surface area contributed by atoms with Crippen molar-refractivity contribution in [1.29, 1.82) is 0 Å². The Morgan fingerprint density at radius 2 is 2.13 bits per heavy atom. The molecule has 2 aromatic rings. The highest BCUT2D eigenvalue weighted by atomic mass is 16.4. The maximum Gasteiger partial charge on any atom is 0.326 e. The molecule has 7 heteroatoms. The predicted octanol–water partition coefficient (Wildman–Crippen LogP) is 1.07. The van der Waals surface area contributed by atoms with E-state index in [-0.39, 0.29) is 18.5 Å². The van der Waals surface area contributed by atoms with Crippen LogP contribution in [0.4, 0.5) is 0 Å². The lowest BCUT2D eigenvalue weighted by Gasteiger charge is -2.12. The highest BCUT2D eigenvalue weighted by molar-refractivity contribution is 5.83. The molecule has 0 aliphatic heterocycles. The van der Waals surface area contributed by atoms with Crippen molar-refractivity contribution >= 4 is 22.8 Å². The molecule has 0 saturated carbocycles. The van der Waals surface area contributed by atoms with Crippen LogP contribution in [0, 0.1) is 6.92 Å². The average Bonchev–Trinajstić information content (AvgIpc) is 2.52. The molecule has 122 valence electrons. The molecule has 1 atom stereocenters. The predicted molar refractivity (Wildman–Crippen MR) is 85.2 cm³/mol. The lowest BCUT2D eigenvalue weighted by Crippen LogP contribution is -2.40. The van der Waals surface area contributed by atoms with Gasteiger partial charge in [0.2, 0.25) is 5.91 Å². The van der Waals surface area contributed by atoms with Gasteiger partial charge in [-0.1, -0.05) is 19.1 Å². The zero-order valence-corrected chi connectivity index (χ0v) is 13.1. The number of carboxylic acid groups (broad SMARTS) is 1. The molecular weight excluding hydrogens is 298 g/mol. The maximum absolute atomic E-state index is 12.4. The molecule has 1 unspecified atom stereocenters. The van der Waals surface area contributed by atoms with Crippen molar-refractivity contribution in [1.82, 2.24) is 14.9 Å². The Balaban J connectivity index is 2.11. The topological polar surface area (TPSA) is 101 Å². The van der Waals surface area contributed by atoms with Crippen LogP contribution >= 0.6 is 0 Å². The van der Waals surface area contributed by atoms with Crippen LogP contribution in [0.3, 0.4) is 0 Å². The summed E-state index contributed by atoms with van der Waals surface area (Å²) in [6.07, 6.45) is 1.74. The van der Waals surface area contributed by atoms with Gasteiger partial charge in [0.25, 0.3) is 5.56 Å². The quantitative estimate of drug-likeness (QED) is 0.830. The monoisotopic (exact) mass is 317 g/mol. The van der Waals surface area contributed by atoms with Gasteiger partial charge in [-0.2, -0.15) is 0 Å². The average molecular weight is 317 g/mol. The molecule has 0 fully saturated rings. The van der Waals surface area contributed by atoms with Gasteiger partial charge in [0.1, 0.15) is 6.04 Å². The van der Waals surface area contributed by atoms with Crippen LogP contribution in [0.15, 0.2) is 29.3 Å². The van der Waals surface area contributed by atoms with Crippen LogP contribution in [0.25, 0.3) is 10.9 Å². The van der Waals surface area contributed by atoms with Crippen LogP contribution in [-0.4, -0.2) is 32.6 Å². The molecule has 1 aromatic carbocycles. The first-order valence-electron chi connectivity index (χ1n) is 7.41. The van der Waals surface area contributed by atoms with Gasteiger partial charge in [-0.05, 0) is 25.0 Å². The van der Waals surface area contributed by atoms with Crippen molar-refractivity contribution in [3.63, 3.8) is 0 Å². The molecule has 0 saturated heterocycles. The number of aromatic nitrogens is 2. The van der Waals surface area contributed by atoms with E-state index in [0.717, 1.165) is 5.56 Å². The fourth-order valence-electron chi connectivity index (χ4n) is 2.32. The molecule has 1 aromatic heterocycles. The van der Waals surface area contributed by atoms with E-state index in [1.807, 2.05) is 13.0 Å². The van der Waals surface area contributed by atoms with Crippen LogP contribution < -0.4 is 10.9 Å². The van der Waals surface area contributed by atoms with Gasteiger partial charge in [-0.25, -0.2) is 9.78 Å². The minimum absolute atomic E-state index is 0.0166.